The highest BCUT2D eigenvalue weighted by molar-refractivity contribution is 5.93. The van der Waals surface area contributed by atoms with E-state index in [1.165, 1.54) is 6.42 Å². The van der Waals surface area contributed by atoms with Gasteiger partial charge in [-0.25, -0.2) is 4.79 Å². The quantitative estimate of drug-likeness (QED) is 0.216. The monoisotopic (exact) mass is 605 g/mol. The van der Waals surface area contributed by atoms with Crippen molar-refractivity contribution in [3.8, 4) is 0 Å². The zero-order valence-electron chi connectivity index (χ0n) is 27.9. The van der Waals surface area contributed by atoms with E-state index < -0.39 is 23.8 Å². The summed E-state index contributed by atoms with van der Waals surface area (Å²) in [5, 5.41) is 6.22. The highest BCUT2D eigenvalue weighted by atomic mass is 16.6. The van der Waals surface area contributed by atoms with Gasteiger partial charge in [-0.1, -0.05) is 100 Å². The molecule has 0 radical (unpaired) electrons. The predicted octanol–water partition coefficient (Wildman–Crippen LogP) is 7.73. The van der Waals surface area contributed by atoms with Crippen molar-refractivity contribution in [2.24, 2.45) is 0 Å². The molecule has 242 valence electrons. The number of aryl methyl sites for hydroxylation is 2. The maximum atomic E-state index is 14.8. The fourth-order valence-electron chi connectivity index (χ4n) is 6.17. The van der Waals surface area contributed by atoms with E-state index in [4.69, 9.17) is 4.74 Å². The van der Waals surface area contributed by atoms with Crippen molar-refractivity contribution in [3.63, 3.8) is 0 Å². The number of unbranched alkanes of at least 4 members (excludes halogenated alkanes) is 4. The molecule has 0 spiro atoms. The van der Waals surface area contributed by atoms with E-state index in [-0.39, 0.29) is 24.3 Å². The van der Waals surface area contributed by atoms with Crippen LogP contribution in [0.25, 0.3) is 0 Å². The average molecular weight is 606 g/mol. The van der Waals surface area contributed by atoms with Gasteiger partial charge in [0.1, 0.15) is 17.7 Å². The smallest absolute Gasteiger partial charge is 0.408 e. The highest BCUT2D eigenvalue weighted by Crippen LogP contribution is 2.30. The van der Waals surface area contributed by atoms with Gasteiger partial charge < -0.3 is 20.3 Å². The largest absolute Gasteiger partial charge is 0.444 e. The molecule has 3 rings (SSSR count). The summed E-state index contributed by atoms with van der Waals surface area (Å²) in [5.41, 5.74) is 3.00. The molecule has 2 aromatic carbocycles. The van der Waals surface area contributed by atoms with Gasteiger partial charge in [0.25, 0.3) is 0 Å². The van der Waals surface area contributed by atoms with Gasteiger partial charge in [0, 0.05) is 19.0 Å². The Morgan fingerprint density at radius 3 is 2.14 bits per heavy atom. The summed E-state index contributed by atoms with van der Waals surface area (Å²) in [6.45, 7) is 12.0. The van der Waals surface area contributed by atoms with Crippen LogP contribution >= 0.6 is 0 Å². The molecule has 1 aliphatic rings. The normalized spacial score (nSPS) is 15.2. The van der Waals surface area contributed by atoms with Crippen LogP contribution in [0.15, 0.2) is 48.5 Å². The van der Waals surface area contributed by atoms with E-state index >= 15 is 0 Å². The zero-order valence-corrected chi connectivity index (χ0v) is 27.9. The summed E-state index contributed by atoms with van der Waals surface area (Å²) in [7, 11) is 0. The molecular formula is C37H55N3O4. The van der Waals surface area contributed by atoms with Crippen LogP contribution in [0, 0.1) is 13.8 Å². The molecule has 0 saturated heterocycles. The molecule has 0 aromatic heterocycles. The van der Waals surface area contributed by atoms with Crippen LogP contribution in [0.3, 0.4) is 0 Å². The Morgan fingerprint density at radius 1 is 0.886 bits per heavy atom. The number of carbonyl (C=O) groups is 3. The molecule has 7 nitrogen and oxygen atoms in total. The second-order valence-corrected chi connectivity index (χ2v) is 13.4. The highest BCUT2D eigenvalue weighted by Gasteiger charge is 2.38. The third-order valence-corrected chi connectivity index (χ3v) is 8.38. The van der Waals surface area contributed by atoms with Crippen molar-refractivity contribution in [1.82, 2.24) is 15.5 Å². The molecule has 44 heavy (non-hydrogen) atoms. The van der Waals surface area contributed by atoms with Crippen molar-refractivity contribution in [1.29, 1.82) is 0 Å². The van der Waals surface area contributed by atoms with Crippen LogP contribution in [0.5, 0.6) is 0 Å². The number of benzene rings is 2. The van der Waals surface area contributed by atoms with Gasteiger partial charge in [-0.05, 0) is 76.1 Å². The first-order valence-corrected chi connectivity index (χ1v) is 16.7. The van der Waals surface area contributed by atoms with E-state index in [0.29, 0.717) is 6.54 Å². The summed E-state index contributed by atoms with van der Waals surface area (Å²) >= 11 is 0. The summed E-state index contributed by atoms with van der Waals surface area (Å²) < 4.78 is 5.59. The number of nitrogens with zero attached hydrogens (tertiary/aromatic N) is 1. The van der Waals surface area contributed by atoms with Crippen LogP contribution < -0.4 is 10.6 Å². The van der Waals surface area contributed by atoms with Gasteiger partial charge in [0.05, 0.1) is 0 Å². The van der Waals surface area contributed by atoms with Crippen molar-refractivity contribution in [3.05, 3.63) is 70.8 Å². The van der Waals surface area contributed by atoms with Gasteiger partial charge in [0.15, 0.2) is 0 Å². The van der Waals surface area contributed by atoms with Crippen LogP contribution in [0.1, 0.15) is 120 Å². The molecule has 0 heterocycles. The molecule has 2 atom stereocenters. The molecule has 0 bridgehead atoms. The first kappa shape index (κ1) is 35.1. The summed E-state index contributed by atoms with van der Waals surface area (Å²) in [4.78, 5) is 44.0. The lowest BCUT2D eigenvalue weighted by Gasteiger charge is -2.37. The van der Waals surface area contributed by atoms with Crippen LogP contribution in [-0.4, -0.2) is 47.0 Å². The predicted molar refractivity (Wildman–Crippen MR) is 177 cm³/mol. The van der Waals surface area contributed by atoms with Crippen molar-refractivity contribution < 1.29 is 19.1 Å². The molecule has 2 aromatic rings. The minimum atomic E-state index is -0.905. The first-order valence-electron chi connectivity index (χ1n) is 16.7. The van der Waals surface area contributed by atoms with E-state index in [9.17, 15) is 14.4 Å². The molecule has 7 heteroatoms. The fourth-order valence-corrected chi connectivity index (χ4v) is 6.17. The molecule has 1 fully saturated rings. The van der Waals surface area contributed by atoms with Gasteiger partial charge in [-0.3, -0.25) is 9.59 Å². The van der Waals surface area contributed by atoms with Gasteiger partial charge in [-0.15, -0.1) is 0 Å². The number of nitrogens with one attached hydrogen (secondary N) is 2. The minimum absolute atomic E-state index is 0.101. The number of rotatable bonds is 14. The second-order valence-electron chi connectivity index (χ2n) is 13.4. The maximum absolute atomic E-state index is 14.8. The number of alkyl carbamates (subject to hydrolysis) is 1. The molecule has 2 N–H and O–H groups in total. The summed E-state index contributed by atoms with van der Waals surface area (Å²) in [6, 6.07) is 14.1. The van der Waals surface area contributed by atoms with Crippen molar-refractivity contribution >= 4 is 17.9 Å². The lowest BCUT2D eigenvalue weighted by Crippen LogP contribution is -2.55. The van der Waals surface area contributed by atoms with Crippen LogP contribution in [-0.2, 0) is 20.7 Å². The number of hydrogen-bond donors (Lipinski definition) is 2. The number of carbonyl (C=O) groups excluding carboxylic acids is 3. The molecule has 1 saturated carbocycles. The van der Waals surface area contributed by atoms with E-state index in [2.05, 4.69) is 17.6 Å². The number of hydrogen-bond acceptors (Lipinski definition) is 4. The van der Waals surface area contributed by atoms with Crippen LogP contribution in [0.2, 0.25) is 0 Å². The summed E-state index contributed by atoms with van der Waals surface area (Å²) in [5.74, 6) is -0.423. The van der Waals surface area contributed by atoms with E-state index in [1.807, 2.05) is 62.4 Å². The molecule has 2 unspecified atom stereocenters. The standard InChI is InChI=1S/C37H55N3O4/c1-7-8-9-10-17-25-40(35(42)31(26-29-21-13-11-14-22-29)39-36(43)44-37(4,5)6)33(32-27(2)19-18-20-28(32)3)34(41)38-30-23-15-12-16-24-30/h11,13-14,18-22,30-31,33H,7-10,12,15-17,23-26H2,1-6H3,(H,38,41)(H,39,43). The Labute approximate surface area is 265 Å². The zero-order chi connectivity index (χ0) is 32.1. The van der Waals surface area contributed by atoms with Crippen molar-refractivity contribution in [2.75, 3.05) is 6.54 Å². The Kier molecular flexibility index (Phi) is 13.7. The second kappa shape index (κ2) is 17.2. The van der Waals surface area contributed by atoms with Crippen LogP contribution in [0.4, 0.5) is 4.79 Å². The van der Waals surface area contributed by atoms with Gasteiger partial charge in [-0.2, -0.15) is 0 Å². The Morgan fingerprint density at radius 2 is 1.52 bits per heavy atom. The molecule has 1 aliphatic carbocycles. The molecule has 0 aliphatic heterocycles. The average Bonchev–Trinajstić information content (AvgIpc) is 2.97. The van der Waals surface area contributed by atoms with Crippen molar-refractivity contribution in [2.45, 2.75) is 136 Å². The molecular weight excluding hydrogens is 550 g/mol. The topological polar surface area (TPSA) is 87.7 Å². The Balaban J connectivity index is 2.05. The Bertz CT molecular complexity index is 1180. The lowest BCUT2D eigenvalue weighted by atomic mass is 9.91. The molecule has 3 amide bonds. The minimum Gasteiger partial charge on any atom is -0.444 e. The van der Waals surface area contributed by atoms with E-state index in [0.717, 1.165) is 80.0 Å². The van der Waals surface area contributed by atoms with Gasteiger partial charge >= 0.3 is 6.09 Å². The third kappa shape index (κ3) is 11.0. The third-order valence-electron chi connectivity index (χ3n) is 8.38. The Hall–Kier alpha value is -3.35. The number of amides is 3. The lowest BCUT2D eigenvalue weighted by molar-refractivity contribution is -0.143. The van der Waals surface area contributed by atoms with Gasteiger partial charge in [0.2, 0.25) is 11.8 Å². The van der Waals surface area contributed by atoms with E-state index in [1.54, 1.807) is 25.7 Å². The number of ether oxygens (including phenoxy) is 1. The fraction of sp³-hybridized carbons (Fsp3) is 0.595. The first-order chi connectivity index (χ1) is 21.0. The maximum Gasteiger partial charge on any atom is 0.408 e. The SMILES string of the molecule is CCCCCCCN(C(=O)C(Cc1ccccc1)NC(=O)OC(C)(C)C)C(C(=O)NC1CCCCC1)c1c(C)cccc1C. The summed E-state index contributed by atoms with van der Waals surface area (Å²) in [6.07, 6.45) is 9.98.